The van der Waals surface area contributed by atoms with E-state index in [2.05, 4.69) is 53.6 Å². The standard InChI is InChI=1S/C29H31N5O4S/c1-29(2,3)21-11-9-19(10-12-21)27-32-33-28(34(27)22-13-15-23(37-4)16-14-22)39-18-25(35)31-30-17-20-7-6-8-24(38-5)26(20)36/h6-17,36H,18H2,1-5H3,(H,31,35)/b30-17-. The van der Waals surface area contributed by atoms with E-state index in [0.29, 0.717) is 22.3 Å². The predicted octanol–water partition coefficient (Wildman–Crippen LogP) is 5.20. The molecule has 0 aliphatic heterocycles. The molecule has 202 valence electrons. The van der Waals surface area contributed by atoms with Gasteiger partial charge in [0.2, 0.25) is 0 Å². The van der Waals surface area contributed by atoms with Crippen LogP contribution in [0, 0.1) is 0 Å². The van der Waals surface area contributed by atoms with Crippen molar-refractivity contribution in [1.82, 2.24) is 20.2 Å². The third kappa shape index (κ3) is 6.58. The number of rotatable bonds is 9. The smallest absolute Gasteiger partial charge is 0.250 e. The molecule has 0 radical (unpaired) electrons. The quantitative estimate of drug-likeness (QED) is 0.169. The second-order valence-electron chi connectivity index (χ2n) is 9.65. The molecule has 0 fully saturated rings. The fourth-order valence-electron chi connectivity index (χ4n) is 3.78. The molecular formula is C29H31N5O4S. The van der Waals surface area contributed by atoms with Gasteiger partial charge in [-0.2, -0.15) is 5.10 Å². The lowest BCUT2D eigenvalue weighted by Gasteiger charge is -2.19. The number of carbonyl (C=O) groups excluding carboxylic acids is 1. The fraction of sp³-hybridized carbons (Fsp3) is 0.241. The van der Waals surface area contributed by atoms with Crippen molar-refractivity contribution in [1.29, 1.82) is 0 Å². The second kappa shape index (κ2) is 12.0. The average Bonchev–Trinajstić information content (AvgIpc) is 3.36. The first-order chi connectivity index (χ1) is 18.7. The van der Waals surface area contributed by atoms with Crippen molar-refractivity contribution in [3.8, 4) is 34.3 Å². The summed E-state index contributed by atoms with van der Waals surface area (Å²) in [6.45, 7) is 6.52. The average molecular weight is 546 g/mol. The van der Waals surface area contributed by atoms with Crippen molar-refractivity contribution in [2.75, 3.05) is 20.0 Å². The van der Waals surface area contributed by atoms with Gasteiger partial charge >= 0.3 is 0 Å². The number of aromatic hydroxyl groups is 1. The van der Waals surface area contributed by atoms with Crippen LogP contribution in [0.2, 0.25) is 0 Å². The van der Waals surface area contributed by atoms with Gasteiger partial charge in [0.25, 0.3) is 5.91 Å². The monoisotopic (exact) mass is 545 g/mol. The number of methoxy groups -OCH3 is 2. The topological polar surface area (TPSA) is 111 Å². The Balaban J connectivity index is 1.54. The van der Waals surface area contributed by atoms with Crippen LogP contribution in [0.15, 0.2) is 77.0 Å². The number of nitrogens with zero attached hydrogens (tertiary/aromatic N) is 4. The van der Waals surface area contributed by atoms with Crippen LogP contribution in [0.3, 0.4) is 0 Å². The van der Waals surface area contributed by atoms with Gasteiger partial charge in [0.15, 0.2) is 22.5 Å². The minimum Gasteiger partial charge on any atom is -0.504 e. The number of ether oxygens (including phenoxy) is 2. The van der Waals surface area contributed by atoms with E-state index < -0.39 is 0 Å². The Kier molecular flexibility index (Phi) is 8.55. The maximum atomic E-state index is 12.5. The van der Waals surface area contributed by atoms with Gasteiger partial charge in [-0.15, -0.1) is 10.2 Å². The third-order valence-electron chi connectivity index (χ3n) is 5.95. The van der Waals surface area contributed by atoms with E-state index in [1.54, 1.807) is 25.3 Å². The number of amides is 1. The van der Waals surface area contributed by atoms with E-state index in [9.17, 15) is 9.90 Å². The molecule has 1 amide bonds. The highest BCUT2D eigenvalue weighted by Gasteiger charge is 2.19. The van der Waals surface area contributed by atoms with Gasteiger partial charge in [-0.3, -0.25) is 9.36 Å². The first kappa shape index (κ1) is 27.7. The van der Waals surface area contributed by atoms with E-state index in [-0.39, 0.29) is 22.8 Å². The largest absolute Gasteiger partial charge is 0.504 e. The molecular weight excluding hydrogens is 514 g/mol. The summed E-state index contributed by atoms with van der Waals surface area (Å²) in [6.07, 6.45) is 1.36. The first-order valence-corrected chi connectivity index (χ1v) is 13.2. The number of phenolic OH excluding ortho intramolecular Hbond substituents is 1. The molecule has 3 aromatic carbocycles. The molecule has 0 bridgehead atoms. The van der Waals surface area contributed by atoms with Gasteiger partial charge in [0, 0.05) is 16.8 Å². The molecule has 4 aromatic rings. The van der Waals surface area contributed by atoms with Crippen LogP contribution in [0.5, 0.6) is 17.2 Å². The van der Waals surface area contributed by atoms with Crippen LogP contribution in [0.25, 0.3) is 17.1 Å². The first-order valence-electron chi connectivity index (χ1n) is 12.2. The van der Waals surface area contributed by atoms with Crippen LogP contribution < -0.4 is 14.9 Å². The number of para-hydroxylation sites is 1. The molecule has 1 heterocycles. The Hall–Kier alpha value is -4.31. The molecule has 39 heavy (non-hydrogen) atoms. The molecule has 0 unspecified atom stereocenters. The number of phenols is 1. The van der Waals surface area contributed by atoms with Crippen molar-refractivity contribution in [2.45, 2.75) is 31.3 Å². The van der Waals surface area contributed by atoms with Crippen LogP contribution in [0.1, 0.15) is 31.9 Å². The summed E-state index contributed by atoms with van der Waals surface area (Å²) in [6, 6.07) is 20.9. The summed E-state index contributed by atoms with van der Waals surface area (Å²) in [5.74, 6) is 1.38. The minimum absolute atomic E-state index is 0.0321. The number of hydrogen-bond acceptors (Lipinski definition) is 8. The molecule has 0 aliphatic rings. The van der Waals surface area contributed by atoms with E-state index in [4.69, 9.17) is 9.47 Å². The van der Waals surface area contributed by atoms with Gasteiger partial charge in [0.05, 0.1) is 26.2 Å². The maximum Gasteiger partial charge on any atom is 0.250 e. The van der Waals surface area contributed by atoms with Crippen molar-refractivity contribution < 1.29 is 19.4 Å². The molecule has 0 aliphatic carbocycles. The van der Waals surface area contributed by atoms with Crippen molar-refractivity contribution in [2.24, 2.45) is 5.10 Å². The summed E-state index contributed by atoms with van der Waals surface area (Å²) in [5.41, 5.74) is 5.90. The fourth-order valence-corrected chi connectivity index (χ4v) is 4.52. The lowest BCUT2D eigenvalue weighted by atomic mass is 9.87. The Morgan fingerprint density at radius 2 is 1.74 bits per heavy atom. The number of hydrogen-bond donors (Lipinski definition) is 2. The number of benzene rings is 3. The molecule has 10 heteroatoms. The van der Waals surface area contributed by atoms with Crippen molar-refractivity contribution >= 4 is 23.9 Å². The number of hydrazone groups is 1. The predicted molar refractivity (Wildman–Crippen MR) is 153 cm³/mol. The highest BCUT2D eigenvalue weighted by atomic mass is 32.2. The summed E-state index contributed by atoms with van der Waals surface area (Å²) < 4.78 is 12.3. The number of aromatic nitrogens is 3. The molecule has 2 N–H and O–H groups in total. The highest BCUT2D eigenvalue weighted by Crippen LogP contribution is 2.31. The summed E-state index contributed by atoms with van der Waals surface area (Å²) >= 11 is 1.24. The molecule has 0 saturated carbocycles. The lowest BCUT2D eigenvalue weighted by molar-refractivity contribution is -0.118. The van der Waals surface area contributed by atoms with Gasteiger partial charge in [-0.05, 0) is 47.4 Å². The summed E-state index contributed by atoms with van der Waals surface area (Å²) in [5, 5.41) is 23.5. The zero-order valence-corrected chi connectivity index (χ0v) is 23.3. The number of carbonyl (C=O) groups is 1. The van der Waals surface area contributed by atoms with E-state index >= 15 is 0 Å². The Morgan fingerprint density at radius 3 is 2.38 bits per heavy atom. The van der Waals surface area contributed by atoms with Crippen LogP contribution in [0.4, 0.5) is 0 Å². The number of nitrogens with one attached hydrogen (secondary N) is 1. The third-order valence-corrected chi connectivity index (χ3v) is 6.88. The zero-order valence-electron chi connectivity index (χ0n) is 22.5. The SMILES string of the molecule is COc1ccc(-n2c(SCC(=O)N/N=C\c3cccc(OC)c3O)nnc2-c2ccc(C(C)(C)C)cc2)cc1. The summed E-state index contributed by atoms with van der Waals surface area (Å²) in [4.78, 5) is 12.5. The van der Waals surface area contributed by atoms with E-state index in [1.807, 2.05) is 41.0 Å². The normalized spacial score (nSPS) is 11.5. The summed E-state index contributed by atoms with van der Waals surface area (Å²) in [7, 11) is 3.08. The Labute approximate surface area is 231 Å². The van der Waals surface area contributed by atoms with Crippen LogP contribution in [-0.4, -0.2) is 52.0 Å². The zero-order chi connectivity index (χ0) is 28.0. The molecule has 9 nitrogen and oxygen atoms in total. The number of thioether (sulfide) groups is 1. The van der Waals surface area contributed by atoms with Crippen molar-refractivity contribution in [3.63, 3.8) is 0 Å². The van der Waals surface area contributed by atoms with Crippen LogP contribution in [-0.2, 0) is 10.2 Å². The molecule has 4 rings (SSSR count). The van der Waals surface area contributed by atoms with E-state index in [0.717, 1.165) is 17.0 Å². The maximum absolute atomic E-state index is 12.5. The van der Waals surface area contributed by atoms with Gasteiger partial charge in [-0.25, -0.2) is 5.43 Å². The molecule has 0 atom stereocenters. The molecule has 0 saturated heterocycles. The highest BCUT2D eigenvalue weighted by molar-refractivity contribution is 7.99. The lowest BCUT2D eigenvalue weighted by Crippen LogP contribution is -2.20. The van der Waals surface area contributed by atoms with Gasteiger partial charge < -0.3 is 14.6 Å². The van der Waals surface area contributed by atoms with Crippen molar-refractivity contribution in [3.05, 3.63) is 77.9 Å². The van der Waals surface area contributed by atoms with Gasteiger partial charge in [0.1, 0.15) is 5.75 Å². The molecule has 1 aromatic heterocycles. The van der Waals surface area contributed by atoms with Crippen LogP contribution >= 0.6 is 11.8 Å². The Bertz CT molecular complexity index is 1460. The molecule has 0 spiro atoms. The second-order valence-corrected chi connectivity index (χ2v) is 10.6. The Morgan fingerprint density at radius 1 is 1.03 bits per heavy atom. The van der Waals surface area contributed by atoms with Gasteiger partial charge in [-0.1, -0.05) is 62.9 Å². The minimum atomic E-state index is -0.334. The van der Waals surface area contributed by atoms with E-state index in [1.165, 1.54) is 30.6 Å².